The van der Waals surface area contributed by atoms with Crippen molar-refractivity contribution in [2.45, 2.75) is 6.18 Å². The van der Waals surface area contributed by atoms with Gasteiger partial charge in [0.15, 0.2) is 11.4 Å². The molecule has 0 fully saturated rings. The van der Waals surface area contributed by atoms with Crippen LogP contribution in [0.2, 0.25) is 0 Å². The third-order valence-corrected chi connectivity index (χ3v) is 4.47. The Morgan fingerprint density at radius 3 is 2.15 bits per heavy atom. The van der Waals surface area contributed by atoms with E-state index in [0.717, 1.165) is 18.2 Å². The molecule has 3 rings (SSSR count). The molecule has 26 heavy (non-hydrogen) atoms. The lowest BCUT2D eigenvalue weighted by Crippen LogP contribution is -2.13. The molecular formula is C18H13BrF3N3O. The molecule has 0 radical (unpaired) electrons. The Labute approximate surface area is 155 Å². The Bertz CT molecular complexity index is 935. The zero-order valence-electron chi connectivity index (χ0n) is 13.5. The SMILES string of the molecule is Cn1nc(C(=O)Nc2ccc(-c3ccccc3)cc2)c(Br)c1C(F)(F)F. The molecule has 0 aliphatic carbocycles. The van der Waals surface area contributed by atoms with Crippen molar-refractivity contribution in [2.24, 2.45) is 7.05 Å². The number of aryl methyl sites for hydroxylation is 1. The average Bonchev–Trinajstić information content (AvgIpc) is 2.91. The number of nitrogens with zero attached hydrogens (tertiary/aromatic N) is 2. The summed E-state index contributed by atoms with van der Waals surface area (Å²) in [5.41, 5.74) is 1.10. The molecule has 0 unspecified atom stereocenters. The monoisotopic (exact) mass is 423 g/mol. The summed E-state index contributed by atoms with van der Waals surface area (Å²) in [6, 6.07) is 16.7. The van der Waals surface area contributed by atoms with Crippen LogP contribution >= 0.6 is 15.9 Å². The number of amides is 1. The molecule has 0 spiro atoms. The Hall–Kier alpha value is -2.61. The highest BCUT2D eigenvalue weighted by Crippen LogP contribution is 2.36. The van der Waals surface area contributed by atoms with Crippen LogP contribution < -0.4 is 5.32 Å². The second kappa shape index (κ2) is 6.95. The van der Waals surface area contributed by atoms with Crippen molar-refractivity contribution in [1.29, 1.82) is 0 Å². The van der Waals surface area contributed by atoms with Gasteiger partial charge in [-0.25, -0.2) is 0 Å². The van der Waals surface area contributed by atoms with E-state index in [9.17, 15) is 18.0 Å². The van der Waals surface area contributed by atoms with Gasteiger partial charge in [-0.1, -0.05) is 42.5 Å². The van der Waals surface area contributed by atoms with Crippen molar-refractivity contribution >= 4 is 27.5 Å². The first-order valence-electron chi connectivity index (χ1n) is 7.54. The van der Waals surface area contributed by atoms with Gasteiger partial charge in [0, 0.05) is 12.7 Å². The highest BCUT2D eigenvalue weighted by Gasteiger charge is 2.39. The molecule has 4 nitrogen and oxygen atoms in total. The van der Waals surface area contributed by atoms with Crippen LogP contribution in [0.15, 0.2) is 59.1 Å². The van der Waals surface area contributed by atoms with Crippen LogP contribution in [-0.2, 0) is 13.2 Å². The molecule has 1 heterocycles. The lowest BCUT2D eigenvalue weighted by Gasteiger charge is -2.07. The van der Waals surface area contributed by atoms with Gasteiger partial charge >= 0.3 is 6.18 Å². The summed E-state index contributed by atoms with van der Waals surface area (Å²) >= 11 is 2.83. The number of hydrogen-bond acceptors (Lipinski definition) is 2. The van der Waals surface area contributed by atoms with Gasteiger partial charge in [0.2, 0.25) is 0 Å². The summed E-state index contributed by atoms with van der Waals surface area (Å²) in [6.45, 7) is 0. The average molecular weight is 424 g/mol. The molecule has 0 atom stereocenters. The molecule has 8 heteroatoms. The van der Waals surface area contributed by atoms with Gasteiger partial charge in [0.1, 0.15) is 0 Å². The fourth-order valence-corrected chi connectivity index (χ4v) is 3.26. The second-order valence-corrected chi connectivity index (χ2v) is 6.32. The number of rotatable bonds is 3. The summed E-state index contributed by atoms with van der Waals surface area (Å²) in [5.74, 6) is -0.726. The fraction of sp³-hybridized carbons (Fsp3) is 0.111. The third kappa shape index (κ3) is 3.65. The van der Waals surface area contributed by atoms with Crippen LogP contribution in [0.25, 0.3) is 11.1 Å². The summed E-state index contributed by atoms with van der Waals surface area (Å²) < 4.78 is 39.2. The van der Waals surface area contributed by atoms with Gasteiger partial charge in [-0.05, 0) is 39.2 Å². The first kappa shape index (κ1) is 18.2. The van der Waals surface area contributed by atoms with Crippen LogP contribution in [0.5, 0.6) is 0 Å². The topological polar surface area (TPSA) is 46.9 Å². The molecule has 1 aromatic heterocycles. The van der Waals surface area contributed by atoms with Crippen molar-refractivity contribution < 1.29 is 18.0 Å². The molecule has 1 N–H and O–H groups in total. The quantitative estimate of drug-likeness (QED) is 0.635. The minimum atomic E-state index is -4.61. The van der Waals surface area contributed by atoms with E-state index in [2.05, 4.69) is 26.3 Å². The predicted molar refractivity (Wildman–Crippen MR) is 95.7 cm³/mol. The zero-order valence-corrected chi connectivity index (χ0v) is 15.1. The van der Waals surface area contributed by atoms with Crippen molar-refractivity contribution in [1.82, 2.24) is 9.78 Å². The number of hydrogen-bond donors (Lipinski definition) is 1. The molecule has 0 aliphatic heterocycles. The van der Waals surface area contributed by atoms with Crippen molar-refractivity contribution in [3.8, 4) is 11.1 Å². The van der Waals surface area contributed by atoms with Gasteiger partial charge < -0.3 is 5.32 Å². The van der Waals surface area contributed by atoms with Crippen molar-refractivity contribution in [3.05, 3.63) is 70.5 Å². The Morgan fingerprint density at radius 1 is 1.04 bits per heavy atom. The Kier molecular flexibility index (Phi) is 4.86. The molecule has 0 aliphatic rings. The molecule has 134 valence electrons. The van der Waals surface area contributed by atoms with E-state index in [4.69, 9.17) is 0 Å². The lowest BCUT2D eigenvalue weighted by molar-refractivity contribution is -0.144. The van der Waals surface area contributed by atoms with Gasteiger partial charge in [-0.2, -0.15) is 18.3 Å². The van der Waals surface area contributed by atoms with E-state index >= 15 is 0 Å². The summed E-state index contributed by atoms with van der Waals surface area (Å²) in [4.78, 5) is 12.3. The summed E-state index contributed by atoms with van der Waals surface area (Å²) in [7, 11) is 1.14. The maximum absolute atomic E-state index is 13.0. The fourth-order valence-electron chi connectivity index (χ4n) is 2.52. The van der Waals surface area contributed by atoms with Crippen LogP contribution in [0.1, 0.15) is 16.2 Å². The number of aromatic nitrogens is 2. The smallest absolute Gasteiger partial charge is 0.321 e. The number of nitrogens with one attached hydrogen (secondary N) is 1. The number of alkyl halides is 3. The predicted octanol–water partition coefficient (Wildman–Crippen LogP) is 5.12. The van der Waals surface area contributed by atoms with Crippen LogP contribution in [-0.4, -0.2) is 15.7 Å². The third-order valence-electron chi connectivity index (χ3n) is 3.72. The Morgan fingerprint density at radius 2 is 1.62 bits per heavy atom. The van der Waals surface area contributed by atoms with Crippen molar-refractivity contribution in [2.75, 3.05) is 5.32 Å². The Balaban J connectivity index is 1.81. The molecule has 1 amide bonds. The van der Waals surface area contributed by atoms with E-state index in [1.54, 1.807) is 12.1 Å². The van der Waals surface area contributed by atoms with E-state index in [1.165, 1.54) is 0 Å². The van der Waals surface area contributed by atoms with Crippen LogP contribution in [0, 0.1) is 0 Å². The minimum Gasteiger partial charge on any atom is -0.321 e. The van der Waals surface area contributed by atoms with E-state index in [0.29, 0.717) is 10.4 Å². The molecule has 3 aromatic rings. The zero-order chi connectivity index (χ0) is 18.9. The van der Waals surface area contributed by atoms with Crippen LogP contribution in [0.3, 0.4) is 0 Å². The summed E-state index contributed by atoms with van der Waals surface area (Å²) in [5, 5.41) is 6.23. The van der Waals surface area contributed by atoms with Gasteiger partial charge in [-0.15, -0.1) is 0 Å². The highest BCUT2D eigenvalue weighted by atomic mass is 79.9. The first-order valence-corrected chi connectivity index (χ1v) is 8.33. The van der Waals surface area contributed by atoms with Crippen molar-refractivity contribution in [3.63, 3.8) is 0 Å². The number of anilines is 1. The van der Waals surface area contributed by atoms with Gasteiger partial charge in [0.05, 0.1) is 4.47 Å². The van der Waals surface area contributed by atoms with E-state index in [1.807, 2.05) is 42.5 Å². The maximum Gasteiger partial charge on any atom is 0.434 e. The minimum absolute atomic E-state index is 0.327. The van der Waals surface area contributed by atoms with E-state index in [-0.39, 0.29) is 10.2 Å². The normalized spacial score (nSPS) is 11.4. The van der Waals surface area contributed by atoms with E-state index < -0.39 is 17.8 Å². The highest BCUT2D eigenvalue weighted by molar-refractivity contribution is 9.10. The van der Waals surface area contributed by atoms with Gasteiger partial charge in [0.25, 0.3) is 5.91 Å². The lowest BCUT2D eigenvalue weighted by atomic mass is 10.1. The maximum atomic E-state index is 13.0. The largest absolute Gasteiger partial charge is 0.434 e. The number of carbonyl (C=O) groups is 1. The van der Waals surface area contributed by atoms with Gasteiger partial charge in [-0.3, -0.25) is 9.48 Å². The molecule has 0 saturated heterocycles. The molecular weight excluding hydrogens is 411 g/mol. The standard InChI is InChI=1S/C18H13BrF3N3O/c1-25-16(18(20,21)22)14(19)15(24-25)17(26)23-13-9-7-12(8-10-13)11-5-3-2-4-6-11/h2-10H,1H3,(H,23,26). The second-order valence-electron chi connectivity index (χ2n) is 5.53. The number of benzene rings is 2. The molecule has 0 saturated carbocycles. The van der Waals surface area contributed by atoms with Crippen LogP contribution in [0.4, 0.5) is 18.9 Å². The number of halogens is 4. The molecule has 0 bridgehead atoms. The number of carbonyl (C=O) groups excluding carboxylic acids is 1. The molecule has 2 aromatic carbocycles. The summed E-state index contributed by atoms with van der Waals surface area (Å²) in [6.07, 6.45) is -4.61. The first-order chi connectivity index (χ1) is 12.3.